The van der Waals surface area contributed by atoms with Gasteiger partial charge in [-0.1, -0.05) is 12.1 Å². The lowest BCUT2D eigenvalue weighted by Gasteiger charge is -2.32. The Morgan fingerprint density at radius 1 is 1.58 bits per heavy atom. The summed E-state index contributed by atoms with van der Waals surface area (Å²) in [6, 6.07) is 5.80. The van der Waals surface area contributed by atoms with Crippen LogP contribution in [0.25, 0.3) is 0 Å². The van der Waals surface area contributed by atoms with Gasteiger partial charge in [-0.2, -0.15) is 0 Å². The number of ether oxygens (including phenoxy) is 1. The highest BCUT2D eigenvalue weighted by Gasteiger charge is 2.24. The van der Waals surface area contributed by atoms with Crippen molar-refractivity contribution in [3.8, 4) is 0 Å². The Hall–Kier alpha value is -1.68. The van der Waals surface area contributed by atoms with E-state index in [2.05, 4.69) is 6.58 Å². The van der Waals surface area contributed by atoms with E-state index in [1.54, 1.807) is 23.1 Å². The van der Waals surface area contributed by atoms with Crippen molar-refractivity contribution in [2.75, 3.05) is 19.7 Å². The zero-order valence-corrected chi connectivity index (χ0v) is 10.8. The standard InChI is InChI=1S/C15H18FNO2/c1-2-9-19-14-7-4-8-17(11-14)15(18)12-5-3-6-13(16)10-12/h2-3,5-6,10,14H,1,4,7-9,11H2. The molecule has 0 N–H and O–H groups in total. The van der Waals surface area contributed by atoms with Gasteiger partial charge in [0.2, 0.25) is 0 Å². The number of carbonyl (C=O) groups is 1. The van der Waals surface area contributed by atoms with E-state index in [1.165, 1.54) is 12.1 Å². The summed E-state index contributed by atoms with van der Waals surface area (Å²) in [6.07, 6.45) is 3.60. The zero-order valence-electron chi connectivity index (χ0n) is 10.8. The van der Waals surface area contributed by atoms with E-state index >= 15 is 0 Å². The molecular formula is C15H18FNO2. The number of rotatable bonds is 4. The van der Waals surface area contributed by atoms with Crippen molar-refractivity contribution in [1.29, 1.82) is 0 Å². The van der Waals surface area contributed by atoms with Crippen molar-refractivity contribution in [1.82, 2.24) is 4.90 Å². The predicted octanol–water partition coefficient (Wildman–Crippen LogP) is 2.63. The Morgan fingerprint density at radius 2 is 2.42 bits per heavy atom. The summed E-state index contributed by atoms with van der Waals surface area (Å²) in [5, 5.41) is 0. The third-order valence-electron chi connectivity index (χ3n) is 3.19. The second kappa shape index (κ2) is 6.48. The van der Waals surface area contributed by atoms with Gasteiger partial charge >= 0.3 is 0 Å². The van der Waals surface area contributed by atoms with Crippen molar-refractivity contribution < 1.29 is 13.9 Å². The van der Waals surface area contributed by atoms with Crippen LogP contribution in [-0.2, 0) is 4.74 Å². The number of hydrogen-bond donors (Lipinski definition) is 0. The summed E-state index contributed by atoms with van der Waals surface area (Å²) in [7, 11) is 0. The first-order valence-electron chi connectivity index (χ1n) is 6.48. The smallest absolute Gasteiger partial charge is 0.254 e. The Kier molecular flexibility index (Phi) is 4.68. The summed E-state index contributed by atoms with van der Waals surface area (Å²) < 4.78 is 18.7. The molecule has 1 amide bonds. The van der Waals surface area contributed by atoms with Crippen LogP contribution >= 0.6 is 0 Å². The largest absolute Gasteiger partial charge is 0.372 e. The van der Waals surface area contributed by atoms with Gasteiger partial charge < -0.3 is 9.64 Å². The molecule has 0 aromatic heterocycles. The number of benzene rings is 1. The van der Waals surface area contributed by atoms with E-state index in [9.17, 15) is 9.18 Å². The van der Waals surface area contributed by atoms with Crippen molar-refractivity contribution in [3.63, 3.8) is 0 Å². The first kappa shape index (κ1) is 13.7. The molecule has 0 aliphatic carbocycles. The highest BCUT2D eigenvalue weighted by molar-refractivity contribution is 5.94. The maximum Gasteiger partial charge on any atom is 0.254 e. The first-order chi connectivity index (χ1) is 9.20. The number of hydrogen-bond acceptors (Lipinski definition) is 2. The molecule has 1 fully saturated rings. The molecule has 102 valence electrons. The van der Waals surface area contributed by atoms with Gasteiger partial charge in [0.25, 0.3) is 5.91 Å². The van der Waals surface area contributed by atoms with Crippen LogP contribution < -0.4 is 0 Å². The third kappa shape index (κ3) is 3.64. The molecule has 0 radical (unpaired) electrons. The fourth-order valence-corrected chi connectivity index (χ4v) is 2.27. The SMILES string of the molecule is C=CCOC1CCCN(C(=O)c2cccc(F)c2)C1. The molecule has 1 saturated heterocycles. The molecule has 1 unspecified atom stereocenters. The van der Waals surface area contributed by atoms with E-state index in [4.69, 9.17) is 4.74 Å². The van der Waals surface area contributed by atoms with Crippen molar-refractivity contribution in [2.45, 2.75) is 18.9 Å². The minimum absolute atomic E-state index is 0.0456. The predicted molar refractivity (Wildman–Crippen MR) is 71.5 cm³/mol. The van der Waals surface area contributed by atoms with Gasteiger partial charge in [0.15, 0.2) is 0 Å². The molecule has 0 spiro atoms. The fourth-order valence-electron chi connectivity index (χ4n) is 2.27. The summed E-state index contributed by atoms with van der Waals surface area (Å²) in [4.78, 5) is 14.0. The van der Waals surface area contributed by atoms with Crippen molar-refractivity contribution in [3.05, 3.63) is 48.3 Å². The molecule has 2 rings (SSSR count). The molecule has 19 heavy (non-hydrogen) atoms. The molecule has 3 nitrogen and oxygen atoms in total. The molecule has 1 aromatic rings. The molecule has 1 heterocycles. The zero-order chi connectivity index (χ0) is 13.7. The third-order valence-corrected chi connectivity index (χ3v) is 3.19. The number of piperidine rings is 1. The van der Waals surface area contributed by atoms with E-state index in [0.29, 0.717) is 25.3 Å². The van der Waals surface area contributed by atoms with Crippen LogP contribution in [0.3, 0.4) is 0 Å². The van der Waals surface area contributed by atoms with Crippen LogP contribution in [0.2, 0.25) is 0 Å². The highest BCUT2D eigenvalue weighted by Crippen LogP contribution is 2.16. The van der Waals surface area contributed by atoms with Crippen LogP contribution in [0.4, 0.5) is 4.39 Å². The second-order valence-electron chi connectivity index (χ2n) is 4.65. The monoisotopic (exact) mass is 263 g/mol. The number of nitrogens with zero attached hydrogens (tertiary/aromatic N) is 1. The fraction of sp³-hybridized carbons (Fsp3) is 0.400. The van der Waals surface area contributed by atoms with Crippen LogP contribution in [0.5, 0.6) is 0 Å². The number of halogens is 1. The lowest BCUT2D eigenvalue weighted by Crippen LogP contribution is -2.43. The molecule has 1 aliphatic rings. The van der Waals surface area contributed by atoms with E-state index in [1.807, 2.05) is 0 Å². The van der Waals surface area contributed by atoms with E-state index in [-0.39, 0.29) is 17.8 Å². The van der Waals surface area contributed by atoms with Crippen molar-refractivity contribution >= 4 is 5.91 Å². The van der Waals surface area contributed by atoms with Crippen LogP contribution in [0, 0.1) is 5.82 Å². The van der Waals surface area contributed by atoms with Crippen LogP contribution in [-0.4, -0.2) is 36.6 Å². The molecule has 4 heteroatoms. The van der Waals surface area contributed by atoms with Crippen LogP contribution in [0.1, 0.15) is 23.2 Å². The number of carbonyl (C=O) groups excluding carboxylic acids is 1. The summed E-state index contributed by atoms with van der Waals surface area (Å²) in [5.74, 6) is -0.520. The average Bonchev–Trinajstić information content (AvgIpc) is 2.44. The van der Waals surface area contributed by atoms with Gasteiger partial charge in [-0.3, -0.25) is 4.79 Å². The minimum atomic E-state index is -0.387. The van der Waals surface area contributed by atoms with E-state index in [0.717, 1.165) is 12.8 Å². The summed E-state index contributed by atoms with van der Waals surface area (Å²) in [5.41, 5.74) is 0.393. The molecule has 0 saturated carbocycles. The Labute approximate surface area is 112 Å². The summed E-state index contributed by atoms with van der Waals surface area (Å²) in [6.45, 7) is 5.36. The van der Waals surface area contributed by atoms with Crippen molar-refractivity contribution in [2.24, 2.45) is 0 Å². The second-order valence-corrected chi connectivity index (χ2v) is 4.65. The molecular weight excluding hydrogens is 245 g/mol. The molecule has 1 aliphatic heterocycles. The molecule has 0 bridgehead atoms. The quantitative estimate of drug-likeness (QED) is 0.782. The van der Waals surface area contributed by atoms with Gasteiger partial charge in [-0.05, 0) is 31.0 Å². The van der Waals surface area contributed by atoms with Gasteiger partial charge in [-0.25, -0.2) is 4.39 Å². The van der Waals surface area contributed by atoms with Crippen LogP contribution in [0.15, 0.2) is 36.9 Å². The van der Waals surface area contributed by atoms with Gasteiger partial charge in [0.1, 0.15) is 5.82 Å². The van der Waals surface area contributed by atoms with Gasteiger partial charge in [-0.15, -0.1) is 6.58 Å². The Bertz CT molecular complexity index is 461. The van der Waals surface area contributed by atoms with Gasteiger partial charge in [0, 0.05) is 18.7 Å². The number of amides is 1. The summed E-state index contributed by atoms with van der Waals surface area (Å²) >= 11 is 0. The molecule has 1 atom stereocenters. The Balaban J connectivity index is 2.00. The maximum atomic E-state index is 13.1. The topological polar surface area (TPSA) is 29.5 Å². The first-order valence-corrected chi connectivity index (χ1v) is 6.48. The normalized spacial score (nSPS) is 19.2. The number of likely N-dealkylation sites (tertiary alicyclic amines) is 1. The van der Waals surface area contributed by atoms with Gasteiger partial charge in [0.05, 0.1) is 12.7 Å². The average molecular weight is 263 g/mol. The maximum absolute atomic E-state index is 13.1. The lowest BCUT2D eigenvalue weighted by atomic mass is 10.1. The Morgan fingerprint density at radius 3 is 3.16 bits per heavy atom. The minimum Gasteiger partial charge on any atom is -0.372 e. The molecule has 1 aromatic carbocycles. The highest BCUT2D eigenvalue weighted by atomic mass is 19.1. The van der Waals surface area contributed by atoms with E-state index < -0.39 is 0 Å². The lowest BCUT2D eigenvalue weighted by molar-refractivity contribution is 0.0134.